The number of nitrogens with zero attached hydrogens (tertiary/aromatic N) is 3. The van der Waals surface area contributed by atoms with Gasteiger partial charge in [0.1, 0.15) is 5.75 Å². The fourth-order valence-corrected chi connectivity index (χ4v) is 4.51. The molecule has 0 saturated carbocycles. The third-order valence-electron chi connectivity index (χ3n) is 4.28. The quantitative estimate of drug-likeness (QED) is 0.511. The Bertz CT molecular complexity index is 1040. The molecule has 0 aliphatic carbocycles. The largest absolute Gasteiger partial charge is 0.415 e. The Morgan fingerprint density at radius 2 is 1.62 bits per heavy atom. The molecule has 0 radical (unpaired) electrons. The van der Waals surface area contributed by atoms with Gasteiger partial charge in [0.05, 0.1) is 19.9 Å². The summed E-state index contributed by atoms with van der Waals surface area (Å²) in [5.74, 6) is 0.159. The van der Waals surface area contributed by atoms with Crippen molar-refractivity contribution in [3.63, 3.8) is 0 Å². The van der Waals surface area contributed by atoms with Crippen molar-refractivity contribution < 1.29 is 22.9 Å². The standard InChI is InChI=1S/C17H15Cl2N3O6S/c18-15-6-5-14(11-16(15)19)29(26,27)21-9-7-20(8-10-21)17(23)28-13-3-1-12(2-4-13)22(24)25/h1-6,11H,7-10H2. The van der Waals surface area contributed by atoms with E-state index in [4.69, 9.17) is 27.9 Å². The molecule has 0 aromatic heterocycles. The van der Waals surface area contributed by atoms with Gasteiger partial charge in [-0.3, -0.25) is 10.1 Å². The zero-order valence-electron chi connectivity index (χ0n) is 14.8. The number of piperazine rings is 1. The number of nitro benzene ring substituents is 1. The predicted octanol–water partition coefficient (Wildman–Crippen LogP) is 3.41. The predicted molar refractivity (Wildman–Crippen MR) is 106 cm³/mol. The Balaban J connectivity index is 1.61. The first-order chi connectivity index (χ1) is 13.7. The molecule has 1 aliphatic heterocycles. The number of rotatable bonds is 4. The third kappa shape index (κ3) is 4.78. The van der Waals surface area contributed by atoms with Crippen LogP contribution in [0.3, 0.4) is 0 Å². The maximum atomic E-state index is 12.7. The third-order valence-corrected chi connectivity index (χ3v) is 6.91. The molecule has 1 fully saturated rings. The molecule has 0 unspecified atom stereocenters. The lowest BCUT2D eigenvalue weighted by Gasteiger charge is -2.33. The van der Waals surface area contributed by atoms with Crippen molar-refractivity contribution in [2.75, 3.05) is 26.2 Å². The van der Waals surface area contributed by atoms with Crippen molar-refractivity contribution in [2.45, 2.75) is 4.90 Å². The Morgan fingerprint density at radius 1 is 1.00 bits per heavy atom. The maximum absolute atomic E-state index is 12.7. The van der Waals surface area contributed by atoms with Crippen molar-refractivity contribution in [2.24, 2.45) is 0 Å². The summed E-state index contributed by atoms with van der Waals surface area (Å²) < 4.78 is 31.9. The number of sulfonamides is 1. The van der Waals surface area contributed by atoms with Gasteiger partial charge in [-0.2, -0.15) is 4.31 Å². The number of carbonyl (C=O) groups is 1. The van der Waals surface area contributed by atoms with Gasteiger partial charge in [-0.1, -0.05) is 23.2 Å². The van der Waals surface area contributed by atoms with Crippen LogP contribution in [0.25, 0.3) is 0 Å². The molecule has 154 valence electrons. The minimum absolute atomic E-state index is 0.0220. The smallest absolute Gasteiger partial charge is 0.410 e. The van der Waals surface area contributed by atoms with Gasteiger partial charge in [0, 0.05) is 38.3 Å². The average Bonchev–Trinajstić information content (AvgIpc) is 2.70. The molecular formula is C17H15Cl2N3O6S. The first-order valence-electron chi connectivity index (χ1n) is 8.35. The second-order valence-electron chi connectivity index (χ2n) is 6.09. The second-order valence-corrected chi connectivity index (χ2v) is 8.84. The SMILES string of the molecule is O=C(Oc1ccc([N+](=O)[O-])cc1)N1CCN(S(=O)(=O)c2ccc(Cl)c(Cl)c2)CC1. The molecule has 9 nitrogen and oxygen atoms in total. The number of hydrogen-bond donors (Lipinski definition) is 0. The van der Waals surface area contributed by atoms with Gasteiger partial charge in [-0.05, 0) is 30.3 Å². The first-order valence-corrected chi connectivity index (χ1v) is 10.5. The van der Waals surface area contributed by atoms with E-state index >= 15 is 0 Å². The molecule has 3 rings (SSSR count). The molecular weight excluding hydrogens is 445 g/mol. The molecule has 2 aromatic rings. The van der Waals surface area contributed by atoms with Crippen LogP contribution >= 0.6 is 23.2 Å². The number of carbonyl (C=O) groups excluding carboxylic acids is 1. The Labute approximate surface area is 176 Å². The van der Waals surface area contributed by atoms with Crippen LogP contribution in [-0.4, -0.2) is 54.8 Å². The van der Waals surface area contributed by atoms with E-state index in [0.29, 0.717) is 0 Å². The van der Waals surface area contributed by atoms with Gasteiger partial charge < -0.3 is 9.64 Å². The van der Waals surface area contributed by atoms with Crippen LogP contribution in [0.4, 0.5) is 10.5 Å². The van der Waals surface area contributed by atoms with Crippen LogP contribution in [0, 0.1) is 10.1 Å². The molecule has 1 heterocycles. The van der Waals surface area contributed by atoms with Gasteiger partial charge in [0.25, 0.3) is 5.69 Å². The van der Waals surface area contributed by atoms with Gasteiger partial charge in [-0.25, -0.2) is 13.2 Å². The highest BCUT2D eigenvalue weighted by atomic mass is 35.5. The minimum Gasteiger partial charge on any atom is -0.410 e. The lowest BCUT2D eigenvalue weighted by atomic mass is 10.3. The highest BCUT2D eigenvalue weighted by molar-refractivity contribution is 7.89. The van der Waals surface area contributed by atoms with Crippen molar-refractivity contribution in [1.82, 2.24) is 9.21 Å². The number of hydrogen-bond acceptors (Lipinski definition) is 6. The number of non-ortho nitro benzene ring substituents is 1. The van der Waals surface area contributed by atoms with Crippen LogP contribution in [0.1, 0.15) is 0 Å². The summed E-state index contributed by atoms with van der Waals surface area (Å²) in [7, 11) is -3.77. The Hall–Kier alpha value is -2.40. The van der Waals surface area contributed by atoms with E-state index in [1.165, 1.54) is 51.7 Å². The number of nitro groups is 1. The monoisotopic (exact) mass is 459 g/mol. The topological polar surface area (TPSA) is 110 Å². The molecule has 0 spiro atoms. The molecule has 29 heavy (non-hydrogen) atoms. The normalized spacial score (nSPS) is 15.2. The van der Waals surface area contributed by atoms with Gasteiger partial charge in [0.15, 0.2) is 0 Å². The summed E-state index contributed by atoms with van der Waals surface area (Å²) in [5, 5.41) is 11.0. The van der Waals surface area contributed by atoms with Gasteiger partial charge >= 0.3 is 6.09 Å². The Morgan fingerprint density at radius 3 is 2.17 bits per heavy atom. The number of halogens is 2. The summed E-state index contributed by atoms with van der Waals surface area (Å²) in [5.41, 5.74) is -0.120. The van der Waals surface area contributed by atoms with Crippen molar-refractivity contribution in [3.8, 4) is 5.75 Å². The fourth-order valence-electron chi connectivity index (χ4n) is 2.70. The van der Waals surface area contributed by atoms with E-state index < -0.39 is 21.0 Å². The Kier molecular flexibility index (Phi) is 6.27. The highest BCUT2D eigenvalue weighted by Crippen LogP contribution is 2.27. The van der Waals surface area contributed by atoms with E-state index in [1.807, 2.05) is 0 Å². The zero-order valence-corrected chi connectivity index (χ0v) is 17.2. The van der Waals surface area contributed by atoms with E-state index in [2.05, 4.69) is 0 Å². The maximum Gasteiger partial charge on any atom is 0.415 e. The molecule has 1 amide bonds. The van der Waals surface area contributed by atoms with Crippen molar-refractivity contribution >= 4 is 45.0 Å². The number of benzene rings is 2. The van der Waals surface area contributed by atoms with Crippen LogP contribution in [0.2, 0.25) is 10.0 Å². The summed E-state index contributed by atoms with van der Waals surface area (Å²) in [4.78, 5) is 23.7. The van der Waals surface area contributed by atoms with Crippen LogP contribution in [0.5, 0.6) is 5.75 Å². The average molecular weight is 460 g/mol. The molecule has 0 atom stereocenters. The molecule has 1 saturated heterocycles. The summed E-state index contributed by atoms with van der Waals surface area (Å²) in [6, 6.07) is 9.17. The first kappa shape index (κ1) is 21.3. The summed E-state index contributed by atoms with van der Waals surface area (Å²) in [6.45, 7) is 0.425. The fraction of sp³-hybridized carbons (Fsp3) is 0.235. The lowest BCUT2D eigenvalue weighted by molar-refractivity contribution is -0.384. The molecule has 0 bridgehead atoms. The van der Waals surface area contributed by atoms with Gasteiger partial charge in [-0.15, -0.1) is 0 Å². The van der Waals surface area contributed by atoms with Crippen LogP contribution in [0.15, 0.2) is 47.4 Å². The second kappa shape index (κ2) is 8.54. The van der Waals surface area contributed by atoms with Crippen molar-refractivity contribution in [1.29, 1.82) is 0 Å². The minimum atomic E-state index is -3.77. The van der Waals surface area contributed by atoms with E-state index in [-0.39, 0.29) is 52.6 Å². The summed E-state index contributed by atoms with van der Waals surface area (Å²) >= 11 is 11.7. The van der Waals surface area contributed by atoms with E-state index in [1.54, 1.807) is 0 Å². The van der Waals surface area contributed by atoms with Gasteiger partial charge in [0.2, 0.25) is 10.0 Å². The molecule has 0 N–H and O–H groups in total. The van der Waals surface area contributed by atoms with E-state index in [0.717, 1.165) is 0 Å². The van der Waals surface area contributed by atoms with Crippen LogP contribution < -0.4 is 4.74 Å². The van der Waals surface area contributed by atoms with E-state index in [9.17, 15) is 23.3 Å². The lowest BCUT2D eigenvalue weighted by Crippen LogP contribution is -2.51. The molecule has 2 aromatic carbocycles. The number of amides is 1. The highest BCUT2D eigenvalue weighted by Gasteiger charge is 2.31. The van der Waals surface area contributed by atoms with Crippen LogP contribution in [-0.2, 0) is 10.0 Å². The summed E-state index contributed by atoms with van der Waals surface area (Å²) in [6.07, 6.45) is -0.662. The molecule has 1 aliphatic rings. The zero-order chi connectivity index (χ0) is 21.2. The van der Waals surface area contributed by atoms with Crippen molar-refractivity contribution in [3.05, 3.63) is 62.6 Å². The molecule has 12 heteroatoms. The number of ether oxygens (including phenoxy) is 1.